The summed E-state index contributed by atoms with van der Waals surface area (Å²) in [7, 11) is 0. The number of carbonyl (C=O) groups excluding carboxylic acids is 1. The third-order valence-corrected chi connectivity index (χ3v) is 4.68. The lowest BCUT2D eigenvalue weighted by Gasteiger charge is -2.36. The number of hydrogen-bond acceptors (Lipinski definition) is 3. The van der Waals surface area contributed by atoms with Crippen LogP contribution in [0.1, 0.15) is 64.7 Å². The minimum Gasteiger partial charge on any atom is -0.409 e. The van der Waals surface area contributed by atoms with E-state index in [2.05, 4.69) is 12.1 Å². The van der Waals surface area contributed by atoms with Crippen molar-refractivity contribution in [2.24, 2.45) is 16.3 Å². The summed E-state index contributed by atoms with van der Waals surface area (Å²) >= 11 is 0. The fourth-order valence-corrected chi connectivity index (χ4v) is 3.36. The normalized spacial score (nSPS) is 23.1. The molecule has 0 aromatic carbocycles. The Morgan fingerprint density at radius 1 is 1.30 bits per heavy atom. The Balaban J connectivity index is 2.26. The quantitative estimate of drug-likeness (QED) is 0.267. The van der Waals surface area contributed by atoms with Gasteiger partial charge in [-0.25, -0.2) is 0 Å². The summed E-state index contributed by atoms with van der Waals surface area (Å²) in [5.41, 5.74) is 5.20. The van der Waals surface area contributed by atoms with Crippen LogP contribution >= 0.6 is 0 Å². The summed E-state index contributed by atoms with van der Waals surface area (Å²) in [5, 5.41) is 12.4. The first-order valence-corrected chi connectivity index (χ1v) is 7.95. The highest BCUT2D eigenvalue weighted by atomic mass is 16.4. The molecule has 20 heavy (non-hydrogen) atoms. The molecule has 114 valence electrons. The molecule has 5 nitrogen and oxygen atoms in total. The molecule has 0 aromatic heterocycles. The molecule has 0 atom stereocenters. The molecule has 2 saturated carbocycles. The summed E-state index contributed by atoms with van der Waals surface area (Å²) < 4.78 is 0. The van der Waals surface area contributed by atoms with Crippen LogP contribution in [-0.4, -0.2) is 34.4 Å². The molecular formula is C15H27N3O2. The fraction of sp³-hybridized carbons (Fsp3) is 0.867. The van der Waals surface area contributed by atoms with Gasteiger partial charge in [-0.15, -0.1) is 0 Å². The molecule has 0 bridgehead atoms. The molecule has 2 fully saturated rings. The molecule has 0 radical (unpaired) electrons. The van der Waals surface area contributed by atoms with Crippen LogP contribution in [-0.2, 0) is 4.79 Å². The van der Waals surface area contributed by atoms with Gasteiger partial charge in [0.1, 0.15) is 5.41 Å². The van der Waals surface area contributed by atoms with Gasteiger partial charge in [-0.05, 0) is 32.1 Å². The third-order valence-electron chi connectivity index (χ3n) is 4.68. The Morgan fingerprint density at radius 2 is 1.90 bits per heavy atom. The van der Waals surface area contributed by atoms with E-state index in [0.29, 0.717) is 18.9 Å². The van der Waals surface area contributed by atoms with Crippen molar-refractivity contribution in [3.63, 3.8) is 0 Å². The number of rotatable bonds is 5. The second-order valence-corrected chi connectivity index (χ2v) is 6.21. The minimum absolute atomic E-state index is 0.0963. The summed E-state index contributed by atoms with van der Waals surface area (Å²) in [5.74, 6) is 0.213. The first-order valence-electron chi connectivity index (χ1n) is 7.95. The van der Waals surface area contributed by atoms with Gasteiger partial charge in [0.15, 0.2) is 5.84 Å². The molecule has 1 amide bonds. The second-order valence-electron chi connectivity index (χ2n) is 6.21. The molecule has 0 aromatic rings. The van der Waals surface area contributed by atoms with Gasteiger partial charge in [-0.3, -0.25) is 4.79 Å². The molecule has 2 aliphatic rings. The van der Waals surface area contributed by atoms with Gasteiger partial charge in [0.2, 0.25) is 5.91 Å². The highest BCUT2D eigenvalue weighted by Crippen LogP contribution is 2.40. The number of oxime groups is 1. The zero-order valence-electron chi connectivity index (χ0n) is 12.5. The number of nitrogens with zero attached hydrogens (tertiary/aromatic N) is 2. The lowest BCUT2D eigenvalue weighted by atomic mass is 9.77. The monoisotopic (exact) mass is 281 g/mol. The molecule has 5 heteroatoms. The number of amides is 1. The van der Waals surface area contributed by atoms with Gasteiger partial charge in [0.25, 0.3) is 0 Å². The maximum absolute atomic E-state index is 13.1. The van der Waals surface area contributed by atoms with E-state index in [1.165, 1.54) is 0 Å². The first kappa shape index (κ1) is 15.1. The molecule has 0 spiro atoms. The minimum atomic E-state index is -0.761. The standard InChI is InChI=1S/C15H27N3O2/c1-2-11-18(12-7-8-12)14(19)15(13(16)17-20)9-5-3-4-6-10-15/h12,20H,2-11H2,1H3,(H2,16,17). The number of carbonyl (C=O) groups is 1. The lowest BCUT2D eigenvalue weighted by Crippen LogP contribution is -2.52. The predicted octanol–water partition coefficient (Wildman–Crippen LogP) is 2.47. The van der Waals surface area contributed by atoms with Crippen LogP contribution in [0.4, 0.5) is 0 Å². The van der Waals surface area contributed by atoms with Crippen LogP contribution in [0.3, 0.4) is 0 Å². The maximum Gasteiger partial charge on any atom is 0.236 e. The Morgan fingerprint density at radius 3 is 2.35 bits per heavy atom. The largest absolute Gasteiger partial charge is 0.409 e. The average molecular weight is 281 g/mol. The van der Waals surface area contributed by atoms with Crippen LogP contribution in [0.15, 0.2) is 5.16 Å². The zero-order valence-corrected chi connectivity index (χ0v) is 12.5. The van der Waals surface area contributed by atoms with Crippen molar-refractivity contribution < 1.29 is 10.0 Å². The molecule has 3 N–H and O–H groups in total. The predicted molar refractivity (Wildman–Crippen MR) is 78.6 cm³/mol. The van der Waals surface area contributed by atoms with E-state index in [9.17, 15) is 4.79 Å². The first-order chi connectivity index (χ1) is 9.65. The summed E-state index contributed by atoms with van der Waals surface area (Å²) in [4.78, 5) is 15.1. The summed E-state index contributed by atoms with van der Waals surface area (Å²) in [6.45, 7) is 2.87. The molecule has 2 aliphatic carbocycles. The van der Waals surface area contributed by atoms with Crippen LogP contribution in [0, 0.1) is 5.41 Å². The van der Waals surface area contributed by atoms with Crippen LogP contribution in [0.2, 0.25) is 0 Å². The second kappa shape index (κ2) is 6.46. The molecule has 0 unspecified atom stereocenters. The van der Waals surface area contributed by atoms with Crippen LogP contribution in [0.5, 0.6) is 0 Å². The number of nitrogens with two attached hydrogens (primary N) is 1. The average Bonchev–Trinajstić information content (AvgIpc) is 3.29. The molecule has 0 aliphatic heterocycles. The van der Waals surface area contributed by atoms with E-state index in [1.807, 2.05) is 4.90 Å². The third kappa shape index (κ3) is 2.91. The van der Waals surface area contributed by atoms with Gasteiger partial charge in [0, 0.05) is 12.6 Å². The van der Waals surface area contributed by atoms with Crippen LogP contribution < -0.4 is 5.73 Å². The van der Waals surface area contributed by atoms with Gasteiger partial charge < -0.3 is 15.8 Å². The SMILES string of the molecule is CCCN(C(=O)C1(C(N)=NO)CCCCCC1)C1CC1. The van der Waals surface area contributed by atoms with E-state index in [0.717, 1.165) is 51.5 Å². The van der Waals surface area contributed by atoms with Crippen molar-refractivity contribution in [2.75, 3.05) is 6.54 Å². The van der Waals surface area contributed by atoms with Crippen LogP contribution in [0.25, 0.3) is 0 Å². The highest BCUT2D eigenvalue weighted by Gasteiger charge is 2.48. The smallest absolute Gasteiger partial charge is 0.236 e. The fourth-order valence-electron chi connectivity index (χ4n) is 3.36. The van der Waals surface area contributed by atoms with E-state index in [1.54, 1.807) is 0 Å². The van der Waals surface area contributed by atoms with Crippen molar-refractivity contribution in [2.45, 2.75) is 70.8 Å². The molecule has 0 saturated heterocycles. The topological polar surface area (TPSA) is 78.9 Å². The molecular weight excluding hydrogens is 254 g/mol. The van der Waals surface area contributed by atoms with Crippen molar-refractivity contribution in [1.82, 2.24) is 4.90 Å². The summed E-state index contributed by atoms with van der Waals surface area (Å²) in [6.07, 6.45) is 8.79. The van der Waals surface area contributed by atoms with E-state index >= 15 is 0 Å². The van der Waals surface area contributed by atoms with E-state index < -0.39 is 5.41 Å². The van der Waals surface area contributed by atoms with Gasteiger partial charge in [-0.1, -0.05) is 37.8 Å². The van der Waals surface area contributed by atoms with Gasteiger partial charge in [-0.2, -0.15) is 0 Å². The molecule has 2 rings (SSSR count). The van der Waals surface area contributed by atoms with Crippen molar-refractivity contribution >= 4 is 11.7 Å². The highest BCUT2D eigenvalue weighted by molar-refractivity contribution is 6.06. The summed E-state index contributed by atoms with van der Waals surface area (Å²) in [6, 6.07) is 0.383. The Labute approximate surface area is 121 Å². The lowest BCUT2D eigenvalue weighted by molar-refractivity contribution is -0.139. The maximum atomic E-state index is 13.1. The Kier molecular flexibility index (Phi) is 4.89. The van der Waals surface area contributed by atoms with Gasteiger partial charge in [0.05, 0.1) is 0 Å². The Bertz CT molecular complexity index is 369. The number of amidine groups is 1. The van der Waals surface area contributed by atoms with Crippen molar-refractivity contribution in [3.8, 4) is 0 Å². The van der Waals surface area contributed by atoms with Crippen molar-refractivity contribution in [1.29, 1.82) is 0 Å². The zero-order chi connectivity index (χ0) is 14.6. The van der Waals surface area contributed by atoms with Gasteiger partial charge >= 0.3 is 0 Å². The number of hydrogen-bond donors (Lipinski definition) is 2. The van der Waals surface area contributed by atoms with E-state index in [4.69, 9.17) is 10.9 Å². The Hall–Kier alpha value is -1.26. The van der Waals surface area contributed by atoms with E-state index in [-0.39, 0.29) is 11.7 Å². The van der Waals surface area contributed by atoms with Crippen molar-refractivity contribution in [3.05, 3.63) is 0 Å². The molecule has 0 heterocycles.